The Labute approximate surface area is 150 Å². The van der Waals surface area contributed by atoms with E-state index in [1.807, 2.05) is 4.90 Å². The smallest absolute Gasteiger partial charge is 0.330 e. The molecule has 140 valence electrons. The Kier molecular flexibility index (Phi) is 4.81. The quantitative estimate of drug-likeness (QED) is 0.800. The first kappa shape index (κ1) is 18.5. The monoisotopic (exact) mass is 362 g/mol. The zero-order valence-corrected chi connectivity index (χ0v) is 15.2. The lowest BCUT2D eigenvalue weighted by atomic mass is 9.85. The lowest BCUT2D eigenvalue weighted by Crippen LogP contribution is -2.45. The van der Waals surface area contributed by atoms with Crippen LogP contribution in [0.2, 0.25) is 0 Å². The SMILES string of the molecule is Cc1c(CN2CCC(O)(c3cccnc3F)CC2)c(=O)n(C)c(=O)n1C. The first-order chi connectivity index (χ1) is 12.2. The molecule has 0 atom stereocenters. The molecule has 0 unspecified atom stereocenters. The second-order valence-corrected chi connectivity index (χ2v) is 6.92. The third-order valence-corrected chi connectivity index (χ3v) is 5.40. The minimum absolute atomic E-state index is 0.217. The Morgan fingerprint density at radius 2 is 1.88 bits per heavy atom. The molecule has 26 heavy (non-hydrogen) atoms. The van der Waals surface area contributed by atoms with Crippen molar-refractivity contribution in [1.29, 1.82) is 0 Å². The fourth-order valence-electron chi connectivity index (χ4n) is 3.50. The number of pyridine rings is 1. The van der Waals surface area contributed by atoms with Crippen LogP contribution in [0.4, 0.5) is 4.39 Å². The van der Waals surface area contributed by atoms with Gasteiger partial charge in [-0.25, -0.2) is 9.78 Å². The van der Waals surface area contributed by atoms with E-state index in [4.69, 9.17) is 0 Å². The predicted octanol–water partition coefficient (Wildman–Crippen LogP) is 0.410. The van der Waals surface area contributed by atoms with Gasteiger partial charge in [0.05, 0.1) is 11.2 Å². The minimum Gasteiger partial charge on any atom is -0.385 e. The van der Waals surface area contributed by atoms with E-state index in [-0.39, 0.29) is 16.8 Å². The van der Waals surface area contributed by atoms with E-state index < -0.39 is 11.5 Å². The molecule has 0 radical (unpaired) electrons. The summed E-state index contributed by atoms with van der Waals surface area (Å²) in [7, 11) is 3.11. The number of piperidine rings is 1. The zero-order chi connectivity index (χ0) is 19.1. The molecule has 1 aliphatic heterocycles. The molecule has 1 saturated heterocycles. The van der Waals surface area contributed by atoms with Gasteiger partial charge in [0, 0.05) is 51.2 Å². The number of rotatable bonds is 3. The molecule has 2 aromatic heterocycles. The van der Waals surface area contributed by atoms with Crippen LogP contribution in [-0.4, -0.2) is 37.2 Å². The number of hydrogen-bond donors (Lipinski definition) is 1. The zero-order valence-electron chi connectivity index (χ0n) is 15.2. The minimum atomic E-state index is -1.25. The lowest BCUT2D eigenvalue weighted by Gasteiger charge is -2.38. The van der Waals surface area contributed by atoms with Gasteiger partial charge in [-0.1, -0.05) is 6.07 Å². The van der Waals surface area contributed by atoms with E-state index in [0.717, 1.165) is 4.57 Å². The third-order valence-electron chi connectivity index (χ3n) is 5.40. The van der Waals surface area contributed by atoms with Crippen molar-refractivity contribution in [2.24, 2.45) is 14.1 Å². The van der Waals surface area contributed by atoms with Crippen molar-refractivity contribution in [3.05, 3.63) is 61.9 Å². The van der Waals surface area contributed by atoms with Crippen LogP contribution in [0.15, 0.2) is 27.9 Å². The van der Waals surface area contributed by atoms with Gasteiger partial charge in [-0.3, -0.25) is 14.3 Å². The molecule has 0 saturated carbocycles. The summed E-state index contributed by atoms with van der Waals surface area (Å²) in [4.78, 5) is 30.1. The van der Waals surface area contributed by atoms with Gasteiger partial charge in [-0.2, -0.15) is 4.39 Å². The average molecular weight is 362 g/mol. The summed E-state index contributed by atoms with van der Waals surface area (Å²) in [5.41, 5.74) is -0.488. The molecule has 3 heterocycles. The Hall–Kier alpha value is -2.32. The van der Waals surface area contributed by atoms with Gasteiger partial charge < -0.3 is 9.67 Å². The highest BCUT2D eigenvalue weighted by Gasteiger charge is 2.36. The Morgan fingerprint density at radius 3 is 2.50 bits per heavy atom. The first-order valence-electron chi connectivity index (χ1n) is 8.56. The molecule has 1 aliphatic rings. The number of halogens is 1. The highest BCUT2D eigenvalue weighted by molar-refractivity contribution is 5.21. The molecule has 0 amide bonds. The fraction of sp³-hybridized carbons (Fsp3) is 0.500. The number of aromatic nitrogens is 3. The van der Waals surface area contributed by atoms with Crippen molar-refractivity contribution in [2.75, 3.05) is 13.1 Å². The van der Waals surface area contributed by atoms with Gasteiger partial charge >= 0.3 is 5.69 Å². The lowest BCUT2D eigenvalue weighted by molar-refractivity contribution is -0.0309. The van der Waals surface area contributed by atoms with Crippen LogP contribution in [0.3, 0.4) is 0 Å². The maximum Gasteiger partial charge on any atom is 0.330 e. The highest BCUT2D eigenvalue weighted by atomic mass is 19.1. The van der Waals surface area contributed by atoms with Gasteiger partial charge in [0.2, 0.25) is 5.95 Å². The Bertz CT molecular complexity index is 942. The highest BCUT2D eigenvalue weighted by Crippen LogP contribution is 2.34. The van der Waals surface area contributed by atoms with Crippen molar-refractivity contribution in [3.63, 3.8) is 0 Å². The first-order valence-corrected chi connectivity index (χ1v) is 8.56. The van der Waals surface area contributed by atoms with Crippen LogP contribution in [0.25, 0.3) is 0 Å². The number of nitrogens with zero attached hydrogens (tertiary/aromatic N) is 4. The third kappa shape index (κ3) is 3.10. The van der Waals surface area contributed by atoms with Crippen molar-refractivity contribution >= 4 is 0 Å². The molecule has 0 aliphatic carbocycles. The summed E-state index contributed by atoms with van der Waals surface area (Å²) in [6, 6.07) is 3.17. The molecule has 1 fully saturated rings. The molecule has 8 heteroatoms. The van der Waals surface area contributed by atoms with Crippen LogP contribution in [0.5, 0.6) is 0 Å². The summed E-state index contributed by atoms with van der Waals surface area (Å²) in [6.07, 6.45) is 2.05. The van der Waals surface area contributed by atoms with E-state index in [9.17, 15) is 19.1 Å². The molecule has 1 N–H and O–H groups in total. The predicted molar refractivity (Wildman–Crippen MR) is 94.3 cm³/mol. The van der Waals surface area contributed by atoms with Gasteiger partial charge in [0.15, 0.2) is 0 Å². The maximum absolute atomic E-state index is 13.9. The molecular formula is C18H23FN4O3. The van der Waals surface area contributed by atoms with E-state index in [1.54, 1.807) is 26.1 Å². The molecule has 7 nitrogen and oxygen atoms in total. The Balaban J connectivity index is 1.79. The normalized spacial score (nSPS) is 17.4. The van der Waals surface area contributed by atoms with E-state index in [2.05, 4.69) is 4.98 Å². The van der Waals surface area contributed by atoms with Gasteiger partial charge in [-0.05, 0) is 25.8 Å². The second kappa shape index (κ2) is 6.77. The van der Waals surface area contributed by atoms with E-state index in [1.165, 1.54) is 17.8 Å². The number of hydrogen-bond acceptors (Lipinski definition) is 5. The van der Waals surface area contributed by atoms with Gasteiger partial charge in [-0.15, -0.1) is 0 Å². The van der Waals surface area contributed by atoms with Crippen LogP contribution in [0, 0.1) is 12.9 Å². The second-order valence-electron chi connectivity index (χ2n) is 6.92. The largest absolute Gasteiger partial charge is 0.385 e. The molecule has 0 aromatic carbocycles. The number of aliphatic hydroxyl groups is 1. The summed E-state index contributed by atoms with van der Waals surface area (Å²) >= 11 is 0. The van der Waals surface area contributed by atoms with Crippen molar-refractivity contribution < 1.29 is 9.50 Å². The summed E-state index contributed by atoms with van der Waals surface area (Å²) in [6.45, 7) is 3.16. The molecule has 0 spiro atoms. The molecule has 3 rings (SSSR count). The van der Waals surface area contributed by atoms with E-state index >= 15 is 0 Å². The summed E-state index contributed by atoms with van der Waals surface area (Å²) < 4.78 is 16.5. The van der Waals surface area contributed by atoms with Gasteiger partial charge in [0.1, 0.15) is 0 Å². The maximum atomic E-state index is 13.9. The molecule has 0 bridgehead atoms. The van der Waals surface area contributed by atoms with Crippen LogP contribution >= 0.6 is 0 Å². The van der Waals surface area contributed by atoms with Gasteiger partial charge in [0.25, 0.3) is 5.56 Å². The average Bonchev–Trinajstić information content (AvgIpc) is 2.64. The van der Waals surface area contributed by atoms with Crippen LogP contribution < -0.4 is 11.2 Å². The topological polar surface area (TPSA) is 80.4 Å². The van der Waals surface area contributed by atoms with Crippen molar-refractivity contribution in [2.45, 2.75) is 31.9 Å². The molecular weight excluding hydrogens is 339 g/mol. The number of likely N-dealkylation sites (tertiary alicyclic amines) is 1. The van der Waals surface area contributed by atoms with E-state index in [0.29, 0.717) is 43.7 Å². The standard InChI is InChI=1S/C18H23FN4O3/c1-12-13(16(24)22(3)17(25)21(12)2)11-23-9-6-18(26,7-10-23)14-5-4-8-20-15(14)19/h4-5,8,26H,6-7,9-11H2,1-3H3. The summed E-state index contributed by atoms with van der Waals surface area (Å²) in [5, 5.41) is 10.8. The van der Waals surface area contributed by atoms with Crippen molar-refractivity contribution in [3.8, 4) is 0 Å². The van der Waals surface area contributed by atoms with Crippen LogP contribution in [-0.2, 0) is 26.2 Å². The van der Waals surface area contributed by atoms with Crippen molar-refractivity contribution in [1.82, 2.24) is 19.0 Å². The summed E-state index contributed by atoms with van der Waals surface area (Å²) in [5.74, 6) is -0.647. The molecule has 2 aromatic rings. The fourth-order valence-corrected chi connectivity index (χ4v) is 3.50. The Morgan fingerprint density at radius 1 is 1.23 bits per heavy atom. The van der Waals surface area contributed by atoms with Crippen LogP contribution in [0.1, 0.15) is 29.7 Å².